The van der Waals surface area contributed by atoms with Crippen LogP contribution in [0.4, 0.5) is 0 Å². The van der Waals surface area contributed by atoms with Crippen molar-refractivity contribution >= 4 is 11.8 Å². The molecule has 0 spiro atoms. The normalized spacial score (nSPS) is 16.2. The van der Waals surface area contributed by atoms with Crippen LogP contribution >= 0.6 is 0 Å². The van der Waals surface area contributed by atoms with Crippen molar-refractivity contribution in [2.24, 2.45) is 11.7 Å². The topological polar surface area (TPSA) is 84.7 Å². The van der Waals surface area contributed by atoms with Gasteiger partial charge in [-0.25, -0.2) is 0 Å². The standard InChI is InChI=1S/C20H31N3O3/c1-3-26-18-8-5-4-7-17(18)20(25)22-12-6-9-19(24)23-13-10-16(11-14-23)15(2)21/h4-5,7-8,15-16H,3,6,9-14,21H2,1-2H3,(H,22,25). The van der Waals surface area contributed by atoms with Crippen LogP contribution in [0.15, 0.2) is 24.3 Å². The summed E-state index contributed by atoms with van der Waals surface area (Å²) in [6.07, 6.45) is 3.05. The van der Waals surface area contributed by atoms with Crippen LogP contribution in [-0.2, 0) is 4.79 Å². The third-order valence-corrected chi connectivity index (χ3v) is 4.92. The van der Waals surface area contributed by atoms with Gasteiger partial charge in [0, 0.05) is 32.1 Å². The predicted molar refractivity (Wildman–Crippen MR) is 102 cm³/mol. The number of ether oxygens (including phenoxy) is 1. The van der Waals surface area contributed by atoms with Gasteiger partial charge in [0.1, 0.15) is 5.75 Å². The number of carbonyl (C=O) groups is 2. The van der Waals surface area contributed by atoms with Gasteiger partial charge in [-0.05, 0) is 51.2 Å². The van der Waals surface area contributed by atoms with E-state index in [-0.39, 0.29) is 17.9 Å². The van der Waals surface area contributed by atoms with Crippen molar-refractivity contribution in [3.63, 3.8) is 0 Å². The number of hydrogen-bond acceptors (Lipinski definition) is 4. The molecule has 1 aromatic rings. The first-order valence-corrected chi connectivity index (χ1v) is 9.56. The van der Waals surface area contributed by atoms with Crippen LogP contribution in [0.5, 0.6) is 5.75 Å². The average molecular weight is 361 g/mol. The molecule has 0 saturated carbocycles. The lowest BCUT2D eigenvalue weighted by atomic mass is 9.91. The number of nitrogens with two attached hydrogens (primary N) is 1. The number of nitrogens with one attached hydrogen (secondary N) is 1. The van der Waals surface area contributed by atoms with E-state index >= 15 is 0 Å². The largest absolute Gasteiger partial charge is 0.493 e. The first-order chi connectivity index (χ1) is 12.5. The summed E-state index contributed by atoms with van der Waals surface area (Å²) in [6.45, 7) is 6.49. The quantitative estimate of drug-likeness (QED) is 0.695. The Balaban J connectivity index is 1.70. The molecule has 26 heavy (non-hydrogen) atoms. The summed E-state index contributed by atoms with van der Waals surface area (Å²) in [5.74, 6) is 1.10. The molecule has 1 atom stereocenters. The molecule has 6 nitrogen and oxygen atoms in total. The summed E-state index contributed by atoms with van der Waals surface area (Å²) in [5.41, 5.74) is 6.47. The minimum absolute atomic E-state index is 0.164. The first kappa shape index (κ1) is 20.2. The number of amides is 2. The number of nitrogens with zero attached hydrogens (tertiary/aromatic N) is 1. The highest BCUT2D eigenvalue weighted by Crippen LogP contribution is 2.20. The number of rotatable bonds is 8. The minimum atomic E-state index is -0.167. The number of hydrogen-bond donors (Lipinski definition) is 2. The van der Waals surface area contributed by atoms with E-state index in [9.17, 15) is 9.59 Å². The van der Waals surface area contributed by atoms with Gasteiger partial charge < -0.3 is 20.7 Å². The molecule has 2 amide bonds. The molecule has 2 rings (SSSR count). The second-order valence-corrected chi connectivity index (χ2v) is 6.87. The Hall–Kier alpha value is -2.08. The third-order valence-electron chi connectivity index (χ3n) is 4.92. The van der Waals surface area contributed by atoms with Gasteiger partial charge in [-0.15, -0.1) is 0 Å². The fourth-order valence-electron chi connectivity index (χ4n) is 3.31. The van der Waals surface area contributed by atoms with E-state index in [0.717, 1.165) is 25.9 Å². The van der Waals surface area contributed by atoms with E-state index in [4.69, 9.17) is 10.5 Å². The van der Waals surface area contributed by atoms with Crippen LogP contribution in [-0.4, -0.2) is 49.0 Å². The third kappa shape index (κ3) is 5.73. The average Bonchev–Trinajstić information content (AvgIpc) is 2.65. The van der Waals surface area contributed by atoms with E-state index in [1.165, 1.54) is 0 Å². The highest BCUT2D eigenvalue weighted by atomic mass is 16.5. The van der Waals surface area contributed by atoms with Crippen LogP contribution < -0.4 is 15.8 Å². The second kappa shape index (κ2) is 10.2. The fourth-order valence-corrected chi connectivity index (χ4v) is 3.31. The Bertz CT molecular complexity index is 596. The van der Waals surface area contributed by atoms with Gasteiger partial charge in [-0.1, -0.05) is 12.1 Å². The van der Waals surface area contributed by atoms with Gasteiger partial charge in [0.05, 0.1) is 12.2 Å². The Morgan fingerprint density at radius 2 is 2.00 bits per heavy atom. The van der Waals surface area contributed by atoms with Gasteiger partial charge >= 0.3 is 0 Å². The number of benzene rings is 1. The highest BCUT2D eigenvalue weighted by Gasteiger charge is 2.24. The summed E-state index contributed by atoms with van der Waals surface area (Å²) >= 11 is 0. The summed E-state index contributed by atoms with van der Waals surface area (Å²) in [7, 11) is 0. The van der Waals surface area contributed by atoms with Crippen LogP contribution in [0.25, 0.3) is 0 Å². The lowest BCUT2D eigenvalue weighted by Crippen LogP contribution is -2.42. The monoisotopic (exact) mass is 361 g/mol. The zero-order chi connectivity index (χ0) is 18.9. The van der Waals surface area contributed by atoms with Crippen LogP contribution in [0.1, 0.15) is 49.9 Å². The minimum Gasteiger partial charge on any atom is -0.493 e. The summed E-state index contributed by atoms with van der Waals surface area (Å²) in [6, 6.07) is 7.38. The van der Waals surface area contributed by atoms with E-state index in [0.29, 0.717) is 43.2 Å². The molecule has 1 aromatic carbocycles. The Labute approximate surface area is 156 Å². The smallest absolute Gasteiger partial charge is 0.255 e. The molecule has 1 aliphatic rings. The second-order valence-electron chi connectivity index (χ2n) is 6.87. The predicted octanol–water partition coefficient (Wildman–Crippen LogP) is 2.18. The Morgan fingerprint density at radius 1 is 1.31 bits per heavy atom. The molecule has 1 aliphatic heterocycles. The van der Waals surface area contributed by atoms with Crippen LogP contribution in [0.3, 0.4) is 0 Å². The molecular formula is C20H31N3O3. The molecule has 1 unspecified atom stereocenters. The van der Waals surface area contributed by atoms with E-state index in [1.807, 2.05) is 30.9 Å². The number of likely N-dealkylation sites (tertiary alicyclic amines) is 1. The Morgan fingerprint density at radius 3 is 2.65 bits per heavy atom. The van der Waals surface area contributed by atoms with Crippen molar-refractivity contribution in [1.29, 1.82) is 0 Å². The number of para-hydroxylation sites is 1. The zero-order valence-electron chi connectivity index (χ0n) is 15.9. The molecular weight excluding hydrogens is 330 g/mol. The molecule has 0 aromatic heterocycles. The molecule has 6 heteroatoms. The number of carbonyl (C=O) groups excluding carboxylic acids is 2. The Kier molecular flexibility index (Phi) is 7.91. The molecule has 1 heterocycles. The van der Waals surface area contributed by atoms with E-state index in [2.05, 4.69) is 5.32 Å². The number of piperidine rings is 1. The highest BCUT2D eigenvalue weighted by molar-refractivity contribution is 5.96. The van der Waals surface area contributed by atoms with Gasteiger partial charge in [0.15, 0.2) is 0 Å². The van der Waals surface area contributed by atoms with E-state index < -0.39 is 0 Å². The zero-order valence-corrected chi connectivity index (χ0v) is 15.9. The van der Waals surface area contributed by atoms with Crippen molar-refractivity contribution in [2.45, 2.75) is 45.6 Å². The van der Waals surface area contributed by atoms with Crippen molar-refractivity contribution in [3.8, 4) is 5.75 Å². The lowest BCUT2D eigenvalue weighted by molar-refractivity contribution is -0.132. The molecule has 3 N–H and O–H groups in total. The van der Waals surface area contributed by atoms with E-state index in [1.54, 1.807) is 12.1 Å². The fraction of sp³-hybridized carbons (Fsp3) is 0.600. The molecule has 1 saturated heterocycles. The summed E-state index contributed by atoms with van der Waals surface area (Å²) in [4.78, 5) is 26.5. The van der Waals surface area contributed by atoms with Crippen molar-refractivity contribution in [3.05, 3.63) is 29.8 Å². The lowest BCUT2D eigenvalue weighted by Gasteiger charge is -2.33. The SMILES string of the molecule is CCOc1ccccc1C(=O)NCCCC(=O)N1CCC(C(C)N)CC1. The summed E-state index contributed by atoms with van der Waals surface area (Å²) in [5, 5.41) is 2.87. The molecule has 144 valence electrons. The first-order valence-electron chi connectivity index (χ1n) is 9.56. The van der Waals surface area contributed by atoms with Gasteiger partial charge in [-0.3, -0.25) is 9.59 Å². The molecule has 1 fully saturated rings. The molecule has 0 radical (unpaired) electrons. The van der Waals surface area contributed by atoms with Gasteiger partial charge in [0.25, 0.3) is 5.91 Å². The van der Waals surface area contributed by atoms with Crippen LogP contribution in [0, 0.1) is 5.92 Å². The van der Waals surface area contributed by atoms with Crippen molar-refractivity contribution in [1.82, 2.24) is 10.2 Å². The maximum atomic E-state index is 12.3. The van der Waals surface area contributed by atoms with Crippen LogP contribution in [0.2, 0.25) is 0 Å². The summed E-state index contributed by atoms with van der Waals surface area (Å²) < 4.78 is 5.48. The molecule has 0 aliphatic carbocycles. The van der Waals surface area contributed by atoms with Crippen molar-refractivity contribution in [2.75, 3.05) is 26.2 Å². The maximum Gasteiger partial charge on any atom is 0.255 e. The maximum absolute atomic E-state index is 12.3. The molecule has 0 bridgehead atoms. The van der Waals surface area contributed by atoms with Gasteiger partial charge in [0.2, 0.25) is 5.91 Å². The van der Waals surface area contributed by atoms with Gasteiger partial charge in [-0.2, -0.15) is 0 Å². The van der Waals surface area contributed by atoms with Crippen molar-refractivity contribution < 1.29 is 14.3 Å².